The third-order valence-electron chi connectivity index (χ3n) is 11.5. The van der Waals surface area contributed by atoms with E-state index in [1.54, 1.807) is 0 Å². The number of fused-ring (bicyclic) bond motifs is 1. The van der Waals surface area contributed by atoms with E-state index < -0.39 is 25.1 Å². The first-order valence-corrected chi connectivity index (χ1v) is 17.5. The molecule has 6 aliphatic rings. The van der Waals surface area contributed by atoms with Gasteiger partial charge < -0.3 is 23.7 Å². The summed E-state index contributed by atoms with van der Waals surface area (Å²) in [6.45, 7) is 17.3. The highest BCUT2D eigenvalue weighted by Crippen LogP contribution is 2.68. The fourth-order valence-electron chi connectivity index (χ4n) is 9.82. The van der Waals surface area contributed by atoms with Gasteiger partial charge in [-0.1, -0.05) is 47.6 Å². The molecule has 4 fully saturated rings. The smallest absolute Gasteiger partial charge is 0.258 e. The molecule has 2 spiro atoms. The van der Waals surface area contributed by atoms with Gasteiger partial charge in [-0.05, 0) is 72.8 Å². The average molecular weight is 542 g/mol. The standard InChI is InChI=1S/C31H47NO5Si/c1-19(2)38(20(3)4,21(5)6)37-24-10-9-23-17-25-30(33)11-12-31(34-15-16-35-31)28-29(30,26(23)27(24)36-28)13-14-32(25)18-22-7-8-22/h9-10,19-22,25,28,33H,7-8,11-18H2,1-6H3/t25?,28?,29?,30-/m1/s1. The summed E-state index contributed by atoms with van der Waals surface area (Å²) in [5.41, 5.74) is 2.55. The van der Waals surface area contributed by atoms with Gasteiger partial charge in [0.05, 0.1) is 24.2 Å². The third kappa shape index (κ3) is 3.14. The summed E-state index contributed by atoms with van der Waals surface area (Å²) in [5.74, 6) is 1.76. The molecular formula is C31H47NO5Si. The van der Waals surface area contributed by atoms with E-state index in [0.717, 1.165) is 43.3 Å². The molecule has 2 saturated carbocycles. The van der Waals surface area contributed by atoms with Gasteiger partial charge in [-0.25, -0.2) is 0 Å². The molecule has 0 radical (unpaired) electrons. The van der Waals surface area contributed by atoms with Gasteiger partial charge in [0.15, 0.2) is 11.9 Å². The molecule has 2 saturated heterocycles. The van der Waals surface area contributed by atoms with E-state index in [0.29, 0.717) is 42.7 Å². The van der Waals surface area contributed by atoms with Crippen LogP contribution in [0.25, 0.3) is 0 Å². The Labute approximate surface area is 229 Å². The predicted molar refractivity (Wildman–Crippen MR) is 149 cm³/mol. The van der Waals surface area contributed by atoms with Crippen molar-refractivity contribution < 1.29 is 23.7 Å². The first-order valence-electron chi connectivity index (χ1n) is 15.4. The molecule has 38 heavy (non-hydrogen) atoms. The molecule has 4 atom stereocenters. The van der Waals surface area contributed by atoms with Crippen LogP contribution in [0.3, 0.4) is 0 Å². The molecule has 2 bridgehead atoms. The molecule has 3 unspecified atom stereocenters. The van der Waals surface area contributed by atoms with Crippen LogP contribution in [0.4, 0.5) is 0 Å². The number of rotatable bonds is 7. The van der Waals surface area contributed by atoms with E-state index in [9.17, 15) is 5.11 Å². The van der Waals surface area contributed by atoms with Crippen molar-refractivity contribution in [3.05, 3.63) is 23.3 Å². The lowest BCUT2D eigenvalue weighted by Gasteiger charge is -2.65. The van der Waals surface area contributed by atoms with Crippen LogP contribution in [-0.4, -0.2) is 68.2 Å². The van der Waals surface area contributed by atoms with Crippen LogP contribution in [0.2, 0.25) is 16.6 Å². The molecule has 0 amide bonds. The Morgan fingerprint density at radius 1 is 1.00 bits per heavy atom. The molecule has 7 heteroatoms. The van der Waals surface area contributed by atoms with Gasteiger partial charge in [0, 0.05) is 24.6 Å². The minimum absolute atomic E-state index is 0.113. The van der Waals surface area contributed by atoms with Gasteiger partial charge in [0.25, 0.3) is 8.32 Å². The lowest BCUT2D eigenvalue weighted by Crippen LogP contribution is -2.79. The number of benzene rings is 1. The third-order valence-corrected chi connectivity index (χ3v) is 17.5. The Balaban J connectivity index is 1.39. The van der Waals surface area contributed by atoms with Crippen LogP contribution >= 0.6 is 0 Å². The summed E-state index contributed by atoms with van der Waals surface area (Å²) < 4.78 is 27.2. The number of hydrogen-bond donors (Lipinski definition) is 1. The maximum absolute atomic E-state index is 12.9. The largest absolute Gasteiger partial charge is 0.540 e. The zero-order valence-corrected chi connectivity index (χ0v) is 25.2. The first kappa shape index (κ1) is 25.8. The molecule has 1 N–H and O–H groups in total. The Morgan fingerprint density at radius 2 is 1.68 bits per heavy atom. The van der Waals surface area contributed by atoms with Crippen molar-refractivity contribution in [3.63, 3.8) is 0 Å². The molecule has 6 nitrogen and oxygen atoms in total. The molecule has 1 aromatic rings. The van der Waals surface area contributed by atoms with Gasteiger partial charge in [-0.3, -0.25) is 4.90 Å². The Morgan fingerprint density at radius 3 is 2.32 bits per heavy atom. The van der Waals surface area contributed by atoms with Gasteiger partial charge in [-0.2, -0.15) is 0 Å². The van der Waals surface area contributed by atoms with Gasteiger partial charge in [0.1, 0.15) is 5.75 Å². The summed E-state index contributed by atoms with van der Waals surface area (Å²) in [5, 5.41) is 12.9. The second-order valence-electron chi connectivity index (χ2n) is 14.2. The lowest BCUT2D eigenvalue weighted by molar-refractivity contribution is -0.296. The van der Waals surface area contributed by atoms with Crippen molar-refractivity contribution >= 4 is 8.32 Å². The molecule has 0 aromatic heterocycles. The van der Waals surface area contributed by atoms with Crippen molar-refractivity contribution in [2.45, 2.75) is 126 Å². The van der Waals surface area contributed by atoms with Crippen molar-refractivity contribution in [2.75, 3.05) is 26.3 Å². The highest BCUT2D eigenvalue weighted by molar-refractivity contribution is 6.78. The predicted octanol–water partition coefficient (Wildman–Crippen LogP) is 5.55. The SMILES string of the molecule is CC(C)[Si](Oc1ccc2c3c1OC1C4(CC[C@@]5(O)C(C2)N(CC2CC2)CCC315)OCCO4)(C(C)C)C(C)C. The van der Waals surface area contributed by atoms with Crippen LogP contribution in [0, 0.1) is 5.92 Å². The number of aliphatic hydroxyl groups is 1. The van der Waals surface area contributed by atoms with Gasteiger partial charge in [0.2, 0.25) is 5.79 Å². The van der Waals surface area contributed by atoms with E-state index in [2.05, 4.69) is 58.6 Å². The maximum atomic E-state index is 12.9. The first-order chi connectivity index (χ1) is 18.1. The zero-order chi connectivity index (χ0) is 26.7. The van der Waals surface area contributed by atoms with E-state index in [4.69, 9.17) is 18.6 Å². The summed E-state index contributed by atoms with van der Waals surface area (Å²) in [4.78, 5) is 2.62. The van der Waals surface area contributed by atoms with E-state index in [1.165, 1.54) is 24.0 Å². The van der Waals surface area contributed by atoms with Crippen molar-refractivity contribution in [1.82, 2.24) is 4.90 Å². The van der Waals surface area contributed by atoms with E-state index in [-0.39, 0.29) is 12.1 Å². The van der Waals surface area contributed by atoms with Gasteiger partial charge in [-0.15, -0.1) is 0 Å². The number of nitrogens with zero attached hydrogens (tertiary/aromatic N) is 1. The Hall–Kier alpha value is -1.12. The average Bonchev–Trinajstić information content (AvgIpc) is 3.42. The van der Waals surface area contributed by atoms with Crippen molar-refractivity contribution in [2.24, 2.45) is 5.92 Å². The molecule has 210 valence electrons. The fourth-order valence-corrected chi connectivity index (χ4v) is 15.1. The fraction of sp³-hybridized carbons (Fsp3) is 0.806. The van der Waals surface area contributed by atoms with Crippen LogP contribution in [-0.2, 0) is 21.3 Å². The minimum atomic E-state index is -2.20. The molecule has 3 aliphatic heterocycles. The quantitative estimate of drug-likeness (QED) is 0.457. The number of hydrogen-bond acceptors (Lipinski definition) is 6. The van der Waals surface area contributed by atoms with Crippen molar-refractivity contribution in [3.8, 4) is 11.5 Å². The second kappa shape index (κ2) is 8.45. The molecule has 7 rings (SSSR count). The summed E-state index contributed by atoms with van der Waals surface area (Å²) in [6, 6.07) is 4.60. The summed E-state index contributed by atoms with van der Waals surface area (Å²) >= 11 is 0. The summed E-state index contributed by atoms with van der Waals surface area (Å²) in [6.07, 6.45) is 5.41. The Bertz CT molecular complexity index is 1090. The summed E-state index contributed by atoms with van der Waals surface area (Å²) in [7, 11) is -2.20. The normalized spacial score (nSPS) is 35.3. The van der Waals surface area contributed by atoms with Crippen LogP contribution in [0.5, 0.6) is 11.5 Å². The number of ether oxygens (including phenoxy) is 3. The Kier molecular flexibility index (Phi) is 5.74. The van der Waals surface area contributed by atoms with Crippen LogP contribution in [0.1, 0.15) is 84.8 Å². The minimum Gasteiger partial charge on any atom is -0.540 e. The topological polar surface area (TPSA) is 60.4 Å². The van der Waals surface area contributed by atoms with E-state index >= 15 is 0 Å². The molecular weight excluding hydrogens is 494 g/mol. The number of likely N-dealkylation sites (tertiary alicyclic amines) is 1. The van der Waals surface area contributed by atoms with Gasteiger partial charge >= 0.3 is 0 Å². The van der Waals surface area contributed by atoms with Crippen LogP contribution < -0.4 is 9.16 Å². The lowest BCUT2D eigenvalue weighted by atomic mass is 9.48. The monoisotopic (exact) mass is 541 g/mol. The van der Waals surface area contributed by atoms with Crippen LogP contribution in [0.15, 0.2) is 12.1 Å². The molecule has 3 heterocycles. The van der Waals surface area contributed by atoms with E-state index in [1.807, 2.05) is 0 Å². The maximum Gasteiger partial charge on any atom is 0.258 e. The highest BCUT2D eigenvalue weighted by atomic mass is 28.4. The second-order valence-corrected chi connectivity index (χ2v) is 19.5. The van der Waals surface area contributed by atoms with Crippen molar-refractivity contribution in [1.29, 1.82) is 0 Å². The molecule has 3 aliphatic carbocycles. The number of piperidine rings is 1. The zero-order valence-electron chi connectivity index (χ0n) is 24.2. The molecule has 1 aromatic carbocycles. The highest BCUT2D eigenvalue weighted by Gasteiger charge is 2.77.